The molecule has 1 aliphatic rings. The van der Waals surface area contributed by atoms with Gasteiger partial charge in [-0.2, -0.15) is 0 Å². The van der Waals surface area contributed by atoms with Crippen LogP contribution in [0.1, 0.15) is 49.6 Å². The third-order valence-electron chi connectivity index (χ3n) is 3.65. The van der Waals surface area contributed by atoms with Crippen molar-refractivity contribution in [3.05, 3.63) is 21.9 Å². The van der Waals surface area contributed by atoms with Crippen molar-refractivity contribution in [2.75, 3.05) is 13.2 Å². The fourth-order valence-corrected chi connectivity index (χ4v) is 3.65. The smallest absolute Gasteiger partial charge is 0.306 e. The zero-order valence-electron chi connectivity index (χ0n) is 12.1. The van der Waals surface area contributed by atoms with Gasteiger partial charge in [0.05, 0.1) is 19.1 Å². The number of thiophene rings is 1. The molecule has 110 valence electrons. The molecule has 0 aliphatic carbocycles. The SMILES string of the molecule is CCOC(=O)CCC(=O)N1CCc2sccc2C1CC. The quantitative estimate of drug-likeness (QED) is 0.785. The molecule has 4 nitrogen and oxygen atoms in total. The Morgan fingerprint density at radius 3 is 2.90 bits per heavy atom. The Balaban J connectivity index is 1.98. The summed E-state index contributed by atoms with van der Waals surface area (Å²) in [6.07, 6.45) is 2.26. The number of carbonyl (C=O) groups is 2. The fourth-order valence-electron chi connectivity index (χ4n) is 2.72. The summed E-state index contributed by atoms with van der Waals surface area (Å²) >= 11 is 1.77. The van der Waals surface area contributed by atoms with Crippen LogP contribution in [0.15, 0.2) is 11.4 Å². The third kappa shape index (κ3) is 3.20. The van der Waals surface area contributed by atoms with Crippen LogP contribution in [0.4, 0.5) is 0 Å². The first-order valence-electron chi connectivity index (χ1n) is 7.18. The van der Waals surface area contributed by atoms with E-state index in [4.69, 9.17) is 4.74 Å². The van der Waals surface area contributed by atoms with E-state index < -0.39 is 0 Å². The molecule has 0 aromatic carbocycles. The molecule has 2 heterocycles. The summed E-state index contributed by atoms with van der Waals surface area (Å²) in [4.78, 5) is 27.0. The average molecular weight is 295 g/mol. The topological polar surface area (TPSA) is 46.6 Å². The molecule has 0 N–H and O–H groups in total. The monoisotopic (exact) mass is 295 g/mol. The van der Waals surface area contributed by atoms with Gasteiger partial charge in [0.25, 0.3) is 0 Å². The lowest BCUT2D eigenvalue weighted by Crippen LogP contribution is -2.39. The van der Waals surface area contributed by atoms with Crippen molar-refractivity contribution in [1.29, 1.82) is 0 Å². The van der Waals surface area contributed by atoms with Crippen molar-refractivity contribution in [2.24, 2.45) is 0 Å². The summed E-state index contributed by atoms with van der Waals surface area (Å²) in [6.45, 7) is 5.00. The van der Waals surface area contributed by atoms with Gasteiger partial charge in [-0.3, -0.25) is 9.59 Å². The Labute approximate surface area is 123 Å². The molecule has 0 spiro atoms. The molecule has 0 saturated heterocycles. The molecule has 1 atom stereocenters. The molecule has 0 saturated carbocycles. The molecular formula is C15H21NO3S. The molecule has 1 aromatic heterocycles. The van der Waals surface area contributed by atoms with Crippen molar-refractivity contribution in [2.45, 2.75) is 45.6 Å². The standard InChI is InChI=1S/C15H21NO3S/c1-3-12-11-8-10-20-13(11)7-9-16(12)14(17)5-6-15(18)19-4-2/h8,10,12H,3-7,9H2,1-2H3. The lowest BCUT2D eigenvalue weighted by molar-refractivity contribution is -0.146. The minimum atomic E-state index is -0.290. The molecule has 5 heteroatoms. The number of fused-ring (bicyclic) bond motifs is 1. The van der Waals surface area contributed by atoms with Crippen molar-refractivity contribution in [3.63, 3.8) is 0 Å². The summed E-state index contributed by atoms with van der Waals surface area (Å²) in [5.41, 5.74) is 1.29. The zero-order valence-corrected chi connectivity index (χ0v) is 12.9. The van der Waals surface area contributed by atoms with Gasteiger partial charge in [-0.15, -0.1) is 11.3 Å². The Kier molecular flexibility index (Phi) is 5.17. The largest absolute Gasteiger partial charge is 0.466 e. The van der Waals surface area contributed by atoms with E-state index >= 15 is 0 Å². The van der Waals surface area contributed by atoms with E-state index in [1.807, 2.05) is 4.90 Å². The number of hydrogen-bond donors (Lipinski definition) is 0. The third-order valence-corrected chi connectivity index (χ3v) is 4.65. The van der Waals surface area contributed by atoms with Gasteiger partial charge < -0.3 is 9.64 Å². The van der Waals surface area contributed by atoms with Crippen LogP contribution in [-0.2, 0) is 20.7 Å². The summed E-state index contributed by atoms with van der Waals surface area (Å²) in [5, 5.41) is 2.10. The molecule has 1 aromatic rings. The minimum absolute atomic E-state index is 0.0572. The van der Waals surface area contributed by atoms with E-state index in [1.165, 1.54) is 10.4 Å². The number of hydrogen-bond acceptors (Lipinski definition) is 4. The highest BCUT2D eigenvalue weighted by Gasteiger charge is 2.30. The normalized spacial score (nSPS) is 17.7. The Morgan fingerprint density at radius 1 is 1.40 bits per heavy atom. The molecule has 1 aliphatic heterocycles. The number of esters is 1. The van der Waals surface area contributed by atoms with Crippen LogP contribution in [0.25, 0.3) is 0 Å². The van der Waals surface area contributed by atoms with Gasteiger partial charge in [-0.25, -0.2) is 0 Å². The number of carbonyl (C=O) groups excluding carboxylic acids is 2. The molecular weight excluding hydrogens is 274 g/mol. The highest BCUT2D eigenvalue weighted by molar-refractivity contribution is 7.10. The van der Waals surface area contributed by atoms with E-state index in [0.29, 0.717) is 6.61 Å². The molecule has 1 unspecified atom stereocenters. The second kappa shape index (κ2) is 6.88. The maximum Gasteiger partial charge on any atom is 0.306 e. The molecule has 1 amide bonds. The van der Waals surface area contributed by atoms with Gasteiger partial charge >= 0.3 is 5.97 Å². The maximum absolute atomic E-state index is 12.3. The van der Waals surface area contributed by atoms with Crippen molar-refractivity contribution < 1.29 is 14.3 Å². The molecule has 0 bridgehead atoms. The summed E-state index contributed by atoms with van der Waals surface area (Å²) in [7, 11) is 0. The second-order valence-electron chi connectivity index (χ2n) is 4.87. The van der Waals surface area contributed by atoms with Gasteiger partial charge in [-0.1, -0.05) is 6.92 Å². The lowest BCUT2D eigenvalue weighted by Gasteiger charge is -2.35. The Hall–Kier alpha value is -1.36. The number of rotatable bonds is 5. The van der Waals surface area contributed by atoms with Gasteiger partial charge in [-0.05, 0) is 36.8 Å². The van der Waals surface area contributed by atoms with E-state index in [1.54, 1.807) is 18.3 Å². The van der Waals surface area contributed by atoms with Gasteiger partial charge in [0.2, 0.25) is 5.91 Å². The second-order valence-corrected chi connectivity index (χ2v) is 5.87. The molecule has 0 fully saturated rings. The lowest BCUT2D eigenvalue weighted by atomic mass is 9.97. The van der Waals surface area contributed by atoms with E-state index in [2.05, 4.69) is 18.4 Å². The average Bonchev–Trinajstić information content (AvgIpc) is 2.92. The highest BCUT2D eigenvalue weighted by atomic mass is 32.1. The van der Waals surface area contributed by atoms with Gasteiger partial charge in [0.15, 0.2) is 0 Å². The van der Waals surface area contributed by atoms with E-state index in [-0.39, 0.29) is 30.8 Å². The first-order valence-corrected chi connectivity index (χ1v) is 8.06. The van der Waals surface area contributed by atoms with E-state index in [0.717, 1.165) is 19.4 Å². The predicted molar refractivity (Wildman–Crippen MR) is 78.6 cm³/mol. The Bertz CT molecular complexity index is 483. The first-order chi connectivity index (χ1) is 9.67. The number of nitrogens with zero attached hydrogens (tertiary/aromatic N) is 1. The molecule has 2 rings (SSSR count). The van der Waals surface area contributed by atoms with Gasteiger partial charge in [0.1, 0.15) is 0 Å². The Morgan fingerprint density at radius 2 is 2.20 bits per heavy atom. The van der Waals surface area contributed by atoms with Crippen LogP contribution in [0.5, 0.6) is 0 Å². The summed E-state index contributed by atoms with van der Waals surface area (Å²) < 4.78 is 4.87. The summed E-state index contributed by atoms with van der Waals surface area (Å²) in [5.74, 6) is -0.233. The first kappa shape index (κ1) is 15.0. The number of ether oxygens (including phenoxy) is 1. The van der Waals surface area contributed by atoms with Crippen LogP contribution < -0.4 is 0 Å². The van der Waals surface area contributed by atoms with Crippen LogP contribution >= 0.6 is 11.3 Å². The fraction of sp³-hybridized carbons (Fsp3) is 0.600. The van der Waals surface area contributed by atoms with Crippen LogP contribution in [-0.4, -0.2) is 29.9 Å². The zero-order chi connectivity index (χ0) is 14.5. The van der Waals surface area contributed by atoms with Crippen LogP contribution in [0.3, 0.4) is 0 Å². The van der Waals surface area contributed by atoms with Gasteiger partial charge in [0, 0.05) is 17.8 Å². The highest BCUT2D eigenvalue weighted by Crippen LogP contribution is 2.35. The minimum Gasteiger partial charge on any atom is -0.466 e. The number of amides is 1. The van der Waals surface area contributed by atoms with Crippen LogP contribution in [0, 0.1) is 0 Å². The predicted octanol–water partition coefficient (Wildman–Crippen LogP) is 2.93. The van der Waals surface area contributed by atoms with Crippen LogP contribution in [0.2, 0.25) is 0 Å². The molecule has 20 heavy (non-hydrogen) atoms. The summed E-state index contributed by atoms with van der Waals surface area (Å²) in [6, 6.07) is 2.29. The maximum atomic E-state index is 12.3. The molecule has 0 radical (unpaired) electrons. The van der Waals surface area contributed by atoms with Crippen molar-refractivity contribution in [3.8, 4) is 0 Å². The van der Waals surface area contributed by atoms with Crippen molar-refractivity contribution >= 4 is 23.2 Å². The van der Waals surface area contributed by atoms with E-state index in [9.17, 15) is 9.59 Å². The van der Waals surface area contributed by atoms with Crippen molar-refractivity contribution in [1.82, 2.24) is 4.90 Å².